The van der Waals surface area contributed by atoms with Crippen LogP contribution >= 0.6 is 11.8 Å². The van der Waals surface area contributed by atoms with Gasteiger partial charge < -0.3 is 115 Å². The van der Waals surface area contributed by atoms with E-state index in [2.05, 4.69) is 73.9 Å². The van der Waals surface area contributed by atoms with E-state index in [9.17, 15) is 103 Å². The minimum absolute atomic E-state index is 0.0114. The van der Waals surface area contributed by atoms with Crippen LogP contribution in [0.5, 0.6) is 5.75 Å². The van der Waals surface area contributed by atoms with Crippen molar-refractivity contribution in [3.63, 3.8) is 0 Å². The molecule has 3 aliphatic heterocycles. The Morgan fingerprint density at radius 3 is 1.96 bits per heavy atom. The predicted octanol–water partition coefficient (Wildman–Crippen LogP) is -1.63. The van der Waals surface area contributed by atoms with Crippen molar-refractivity contribution < 1.29 is 103 Å². The Labute approximate surface area is 663 Å². The molecule has 22 N–H and O–H groups in total. The molecule has 0 radical (unpaired) electrons. The summed E-state index contributed by atoms with van der Waals surface area (Å²) >= 11 is 1.47. The fourth-order valence-electron chi connectivity index (χ4n) is 14.0. The van der Waals surface area contributed by atoms with Crippen LogP contribution in [0.3, 0.4) is 0 Å². The molecule has 3 aliphatic rings. The molecular formula is C77H122N14O21S. The third kappa shape index (κ3) is 30.6. The van der Waals surface area contributed by atoms with Gasteiger partial charge in [0, 0.05) is 45.3 Å². The molecule has 13 amide bonds. The van der Waals surface area contributed by atoms with E-state index in [1.54, 1.807) is 30.3 Å². The number of carbonyl (C=O) groups is 13. The van der Waals surface area contributed by atoms with E-state index < -0.39 is 211 Å². The number of aliphatic hydroxyl groups is 7. The van der Waals surface area contributed by atoms with Crippen molar-refractivity contribution in [2.45, 2.75) is 280 Å². The minimum Gasteiger partial charge on any atom is -0.506 e. The lowest BCUT2D eigenvalue weighted by molar-refractivity contribution is -0.148. The molecule has 36 heteroatoms. The maximum atomic E-state index is 14.9. The summed E-state index contributed by atoms with van der Waals surface area (Å²) in [7, 11) is 0. The monoisotopic (exact) mass is 1610 g/mol. The molecule has 3 fully saturated rings. The first-order valence-corrected chi connectivity index (χ1v) is 40.7. The van der Waals surface area contributed by atoms with Gasteiger partial charge in [0.25, 0.3) is 0 Å². The van der Waals surface area contributed by atoms with Crippen LogP contribution in [0.1, 0.15) is 187 Å². The molecular weight excluding hydrogens is 1490 g/mol. The van der Waals surface area contributed by atoms with Crippen molar-refractivity contribution in [1.29, 1.82) is 0 Å². The SMILES string of the molecule is CCC(C)CC(C)CCCCCCCCC(=O)NC1CC(O)C(O)NC(=O)C2CCCN2C(=O)C(C(O)CC(N)=O)NC(=O)C(C(O)C(O)c2ccc(O)c(NC(=O)C(N)CCCCNC(=O)C(Cc3ccccc3)NC(=O)C(CC(C)C)NC(=O)C(CCSC)NC=O)c2)NC(=O)C2CC(O)CN2C(=O)C(C(C)O)NC1=O. The van der Waals surface area contributed by atoms with Crippen molar-refractivity contribution in [2.75, 3.05) is 37.0 Å². The van der Waals surface area contributed by atoms with Gasteiger partial charge in [-0.15, -0.1) is 0 Å². The number of hydrogen-bond donors (Lipinski definition) is 20. The molecule has 2 aromatic rings. The van der Waals surface area contributed by atoms with Gasteiger partial charge in [0.15, 0.2) is 6.23 Å². The van der Waals surface area contributed by atoms with Crippen LogP contribution < -0.4 is 64.6 Å². The zero-order valence-corrected chi connectivity index (χ0v) is 66.6. The average molecular weight is 1610 g/mol. The van der Waals surface area contributed by atoms with E-state index in [0.29, 0.717) is 48.8 Å². The second-order valence-corrected chi connectivity index (χ2v) is 31.6. The number of amides is 13. The van der Waals surface area contributed by atoms with Crippen molar-refractivity contribution in [2.24, 2.45) is 29.2 Å². The molecule has 632 valence electrons. The van der Waals surface area contributed by atoms with Crippen molar-refractivity contribution in [3.05, 3.63) is 59.7 Å². The number of carbonyl (C=O) groups excluding carboxylic acids is 13. The van der Waals surface area contributed by atoms with Crippen molar-refractivity contribution >= 4 is 94.7 Å². The lowest BCUT2D eigenvalue weighted by atomic mass is 9.91. The Balaban J connectivity index is 1.37. The fraction of sp³-hybridized carbons (Fsp3) is 0.675. The molecule has 2 aromatic carbocycles. The number of nitrogens with one attached hydrogen (secondary N) is 10. The molecule has 19 unspecified atom stereocenters. The summed E-state index contributed by atoms with van der Waals surface area (Å²) in [5, 5.41) is 117. The number of phenols is 1. The van der Waals surface area contributed by atoms with Crippen LogP contribution in [0, 0.1) is 17.8 Å². The van der Waals surface area contributed by atoms with Crippen molar-refractivity contribution in [1.82, 2.24) is 57.7 Å². The van der Waals surface area contributed by atoms with Gasteiger partial charge in [0.2, 0.25) is 77.3 Å². The lowest BCUT2D eigenvalue weighted by Crippen LogP contribution is -2.64. The standard InChI is InChI=1S/C77H122N14O21S/c1-8-43(4)34-44(5)21-14-11-9-10-12-17-26-61(99)82-54-38-59(97)74(109)89-72(107)55-25-20-31-90(55)77(112)63(58(96)39-60(79)98)87-75(110)64(88-73(108)56-37-48(94)40-91(56)76(111)62(45(6)93)86-71(54)106)66(101)65(100)47-27-28-57(95)51(36-47)83-67(102)49(78)24-18-19-30-80-68(103)53(35-46-22-15-13-16-23-46)85-70(105)52(33-42(2)3)84-69(104)50(81-41-92)29-32-113-7/h13,15-16,22-23,27-28,36,41-45,48-50,52-56,58-59,62-66,74,93-97,100-101,109H,8-12,14,17-21,24-26,29-35,37-40,78H2,1-7H3,(H2,79,98)(H,80,103)(H,81,92)(H,82,99)(H,83,102)(H,84,104)(H,85,105)(H,86,106)(H,87,110)(H,88,108)(H,89,107). The van der Waals surface area contributed by atoms with E-state index in [4.69, 9.17) is 11.5 Å². The van der Waals surface area contributed by atoms with Crippen LogP contribution in [0.4, 0.5) is 5.69 Å². The minimum atomic E-state index is -2.58. The molecule has 5 rings (SSSR count). The molecule has 113 heavy (non-hydrogen) atoms. The molecule has 35 nitrogen and oxygen atoms in total. The van der Waals surface area contributed by atoms with Crippen LogP contribution in [-0.4, -0.2) is 257 Å². The Kier molecular flexibility index (Phi) is 40.3. The smallest absolute Gasteiger partial charge is 0.248 e. The highest BCUT2D eigenvalue weighted by Crippen LogP contribution is 2.31. The molecule has 0 spiro atoms. The summed E-state index contributed by atoms with van der Waals surface area (Å²) in [6, 6.07) is -4.46. The van der Waals surface area contributed by atoms with E-state index in [1.807, 2.05) is 20.1 Å². The second kappa shape index (κ2) is 47.9. The normalized spacial score (nSPS) is 23.5. The Bertz CT molecular complexity index is 3480. The number of fused-ring (bicyclic) bond motifs is 2. The summed E-state index contributed by atoms with van der Waals surface area (Å²) in [4.78, 5) is 182. The van der Waals surface area contributed by atoms with Gasteiger partial charge >= 0.3 is 0 Å². The maximum absolute atomic E-state index is 14.9. The predicted molar refractivity (Wildman–Crippen MR) is 417 cm³/mol. The topological polar surface area (TPSA) is 563 Å². The number of primary amides is 1. The largest absolute Gasteiger partial charge is 0.506 e. The first-order chi connectivity index (χ1) is 53.6. The highest BCUT2D eigenvalue weighted by molar-refractivity contribution is 7.98. The number of hydrogen-bond acceptors (Lipinski definition) is 23. The number of thioether (sulfide) groups is 1. The molecule has 0 saturated carbocycles. The highest BCUT2D eigenvalue weighted by atomic mass is 32.2. The number of nitrogens with zero attached hydrogens (tertiary/aromatic N) is 2. The first kappa shape index (κ1) is 95.0. The van der Waals surface area contributed by atoms with Crippen LogP contribution in [0.2, 0.25) is 0 Å². The number of nitrogens with two attached hydrogens (primary N) is 2. The Morgan fingerprint density at radius 1 is 0.673 bits per heavy atom. The van der Waals surface area contributed by atoms with E-state index in [0.717, 1.165) is 79.9 Å². The Hall–Kier alpha value is -8.62. The number of unbranched alkanes of at least 4 members (excludes halogenated alkanes) is 6. The van der Waals surface area contributed by atoms with E-state index in [-0.39, 0.29) is 75.9 Å². The summed E-state index contributed by atoms with van der Waals surface area (Å²) in [5.41, 5.74) is 11.7. The quantitative estimate of drug-likeness (QED) is 0.0202. The zero-order valence-electron chi connectivity index (χ0n) is 65.8. The maximum Gasteiger partial charge on any atom is 0.248 e. The van der Waals surface area contributed by atoms with Gasteiger partial charge in [0.05, 0.1) is 36.5 Å². The first-order valence-electron chi connectivity index (χ1n) is 39.3. The number of aromatic hydroxyl groups is 1. The van der Waals surface area contributed by atoms with Crippen LogP contribution in [-0.2, 0) is 68.7 Å². The van der Waals surface area contributed by atoms with Crippen LogP contribution in [0.15, 0.2) is 48.5 Å². The van der Waals surface area contributed by atoms with Gasteiger partial charge in [-0.25, -0.2) is 0 Å². The summed E-state index contributed by atoms with van der Waals surface area (Å²) in [5.74, 6) is -11.1. The molecule has 3 saturated heterocycles. The lowest BCUT2D eigenvalue weighted by Gasteiger charge is -2.34. The number of aliphatic hydroxyl groups excluding tert-OH is 7. The number of benzene rings is 2. The number of phenolic OH excluding ortho intramolecular Hbond substituents is 1. The van der Waals surface area contributed by atoms with E-state index in [1.165, 1.54) is 11.8 Å². The van der Waals surface area contributed by atoms with Gasteiger partial charge in [-0.1, -0.05) is 116 Å². The number of anilines is 1. The summed E-state index contributed by atoms with van der Waals surface area (Å²) < 4.78 is 0. The molecule has 0 aliphatic carbocycles. The fourth-order valence-corrected chi connectivity index (χ4v) is 14.5. The summed E-state index contributed by atoms with van der Waals surface area (Å²) in [6.45, 7) is 10.6. The van der Waals surface area contributed by atoms with Crippen LogP contribution in [0.25, 0.3) is 0 Å². The third-order valence-electron chi connectivity index (χ3n) is 20.6. The Morgan fingerprint density at radius 2 is 1.30 bits per heavy atom. The molecule has 0 aromatic heterocycles. The van der Waals surface area contributed by atoms with Crippen molar-refractivity contribution in [3.8, 4) is 5.75 Å². The number of rotatable bonds is 41. The van der Waals surface area contributed by atoms with Gasteiger partial charge in [0.1, 0.15) is 78.4 Å². The molecule has 19 atom stereocenters. The average Bonchev–Trinajstić information content (AvgIpc) is 1.75. The second-order valence-electron chi connectivity index (χ2n) is 30.6. The third-order valence-corrected chi connectivity index (χ3v) is 21.3. The molecule has 0 bridgehead atoms. The highest BCUT2D eigenvalue weighted by Gasteiger charge is 2.48. The van der Waals surface area contributed by atoms with Gasteiger partial charge in [-0.3, -0.25) is 62.3 Å². The zero-order chi connectivity index (χ0) is 83.8. The van der Waals surface area contributed by atoms with Gasteiger partial charge in [-0.2, -0.15) is 11.8 Å². The summed E-state index contributed by atoms with van der Waals surface area (Å²) in [6.07, 6.45) is -5.82. The molecule has 3 heterocycles. The van der Waals surface area contributed by atoms with E-state index >= 15 is 0 Å². The van der Waals surface area contributed by atoms with Gasteiger partial charge in [-0.05, 0) is 118 Å².